The fourth-order valence-corrected chi connectivity index (χ4v) is 2.24. The van der Waals surface area contributed by atoms with Gasteiger partial charge in [-0.2, -0.15) is 4.98 Å². The molecule has 24 heavy (non-hydrogen) atoms. The largest absolute Gasteiger partial charge is 0.347 e. The summed E-state index contributed by atoms with van der Waals surface area (Å²) in [6.07, 6.45) is 0.540. The summed E-state index contributed by atoms with van der Waals surface area (Å²) in [6.45, 7) is 0.149. The van der Waals surface area contributed by atoms with E-state index >= 15 is 0 Å². The normalized spacial score (nSPS) is 10.5. The Bertz CT molecular complexity index is 818. The molecule has 0 aliphatic rings. The Morgan fingerprint density at radius 1 is 1.08 bits per heavy atom. The lowest BCUT2D eigenvalue weighted by Gasteiger charge is -2.03. The predicted octanol–water partition coefficient (Wildman–Crippen LogP) is 3.12. The third kappa shape index (κ3) is 4.04. The number of benzene rings is 2. The van der Waals surface area contributed by atoms with Crippen molar-refractivity contribution in [2.24, 2.45) is 0 Å². The maximum absolute atomic E-state index is 13.5. The first kappa shape index (κ1) is 15.9. The summed E-state index contributed by atoms with van der Waals surface area (Å²) in [6, 6.07) is 15.9. The molecular weight excluding hydrogens is 309 g/mol. The van der Waals surface area contributed by atoms with E-state index in [-0.39, 0.29) is 24.7 Å². The van der Waals surface area contributed by atoms with Gasteiger partial charge < -0.3 is 9.84 Å². The summed E-state index contributed by atoms with van der Waals surface area (Å²) in [4.78, 5) is 16.1. The Morgan fingerprint density at radius 3 is 2.62 bits per heavy atom. The molecule has 0 unspecified atom stereocenters. The van der Waals surface area contributed by atoms with E-state index in [2.05, 4.69) is 15.5 Å². The Balaban J connectivity index is 1.50. The lowest BCUT2D eigenvalue weighted by atomic mass is 10.1. The minimum absolute atomic E-state index is 0.149. The Kier molecular flexibility index (Phi) is 4.96. The second-order valence-corrected chi connectivity index (χ2v) is 5.25. The van der Waals surface area contributed by atoms with Crippen LogP contribution in [0.25, 0.3) is 11.4 Å². The highest BCUT2D eigenvalue weighted by Gasteiger charge is 2.10. The smallest absolute Gasteiger partial charge is 0.246 e. The zero-order chi connectivity index (χ0) is 16.8. The highest BCUT2D eigenvalue weighted by atomic mass is 19.1. The second kappa shape index (κ2) is 7.50. The summed E-state index contributed by atoms with van der Waals surface area (Å²) < 4.78 is 18.6. The van der Waals surface area contributed by atoms with Crippen molar-refractivity contribution in [3.8, 4) is 11.4 Å². The third-order valence-corrected chi connectivity index (χ3v) is 3.52. The van der Waals surface area contributed by atoms with E-state index in [4.69, 9.17) is 4.52 Å². The zero-order valence-electron chi connectivity index (χ0n) is 12.9. The van der Waals surface area contributed by atoms with Crippen LogP contribution in [0.5, 0.6) is 0 Å². The molecule has 122 valence electrons. The minimum Gasteiger partial charge on any atom is -0.347 e. The highest BCUT2D eigenvalue weighted by Crippen LogP contribution is 2.14. The molecule has 1 heterocycles. The van der Waals surface area contributed by atoms with Gasteiger partial charge in [-0.15, -0.1) is 0 Å². The lowest BCUT2D eigenvalue weighted by molar-refractivity contribution is -0.121. The third-order valence-electron chi connectivity index (χ3n) is 3.52. The summed E-state index contributed by atoms with van der Waals surface area (Å²) in [5.41, 5.74) is 1.37. The average molecular weight is 325 g/mol. The van der Waals surface area contributed by atoms with Gasteiger partial charge in [0.25, 0.3) is 0 Å². The average Bonchev–Trinajstić information content (AvgIpc) is 3.09. The van der Waals surface area contributed by atoms with Crippen molar-refractivity contribution in [3.63, 3.8) is 0 Å². The molecule has 3 aromatic rings. The van der Waals surface area contributed by atoms with Crippen molar-refractivity contribution in [3.05, 3.63) is 71.9 Å². The minimum atomic E-state index is -0.297. The quantitative estimate of drug-likeness (QED) is 0.756. The van der Waals surface area contributed by atoms with Crippen LogP contribution in [0, 0.1) is 5.82 Å². The van der Waals surface area contributed by atoms with Crippen LogP contribution >= 0.6 is 0 Å². The number of hydrogen-bond donors (Lipinski definition) is 1. The maximum Gasteiger partial charge on any atom is 0.246 e. The van der Waals surface area contributed by atoms with Crippen LogP contribution in [0.3, 0.4) is 0 Å². The molecule has 5 nitrogen and oxygen atoms in total. The lowest BCUT2D eigenvalue weighted by Crippen LogP contribution is -2.23. The summed E-state index contributed by atoms with van der Waals surface area (Å²) in [7, 11) is 0. The number of aryl methyl sites for hydroxylation is 1. The van der Waals surface area contributed by atoms with Crippen molar-refractivity contribution in [2.75, 3.05) is 0 Å². The molecule has 1 aromatic heterocycles. The van der Waals surface area contributed by atoms with E-state index in [0.717, 1.165) is 5.56 Å². The molecule has 1 amide bonds. The van der Waals surface area contributed by atoms with Gasteiger partial charge in [-0.1, -0.05) is 53.7 Å². The van der Waals surface area contributed by atoms with Crippen LogP contribution in [0.1, 0.15) is 17.9 Å². The van der Waals surface area contributed by atoms with Crippen LogP contribution in [0.4, 0.5) is 4.39 Å². The topological polar surface area (TPSA) is 68.0 Å². The number of nitrogens with zero attached hydrogens (tertiary/aromatic N) is 2. The van der Waals surface area contributed by atoms with Crippen LogP contribution in [-0.4, -0.2) is 16.0 Å². The Hall–Kier alpha value is -3.02. The monoisotopic (exact) mass is 325 g/mol. The highest BCUT2D eigenvalue weighted by molar-refractivity contribution is 5.76. The van der Waals surface area contributed by atoms with Gasteiger partial charge in [0.15, 0.2) is 0 Å². The fraction of sp³-hybridized carbons (Fsp3) is 0.167. The molecule has 6 heteroatoms. The van der Waals surface area contributed by atoms with Gasteiger partial charge in [-0.3, -0.25) is 4.79 Å². The number of carbonyl (C=O) groups excluding carboxylic acids is 1. The molecule has 2 aromatic carbocycles. The molecule has 3 rings (SSSR count). The van der Waals surface area contributed by atoms with E-state index in [1.165, 1.54) is 6.07 Å². The van der Waals surface area contributed by atoms with E-state index in [1.54, 1.807) is 18.2 Å². The first-order valence-corrected chi connectivity index (χ1v) is 7.60. The predicted molar refractivity (Wildman–Crippen MR) is 86.3 cm³/mol. The van der Waals surface area contributed by atoms with Crippen LogP contribution in [0.2, 0.25) is 0 Å². The number of carbonyl (C=O) groups is 1. The second-order valence-electron chi connectivity index (χ2n) is 5.25. The SMILES string of the molecule is O=C(CCc1ccccc1F)NCc1nc(-c2ccccc2)no1. The first-order chi connectivity index (χ1) is 11.7. The number of halogens is 1. The van der Waals surface area contributed by atoms with Crippen LogP contribution in [-0.2, 0) is 17.8 Å². The molecule has 0 radical (unpaired) electrons. The molecule has 0 saturated heterocycles. The number of nitrogens with one attached hydrogen (secondary N) is 1. The summed E-state index contributed by atoms with van der Waals surface area (Å²) in [5.74, 6) is 0.312. The molecule has 0 bridgehead atoms. The molecule has 0 aliphatic carbocycles. The van der Waals surface area contributed by atoms with Crippen LogP contribution in [0.15, 0.2) is 59.1 Å². The van der Waals surface area contributed by atoms with E-state index in [0.29, 0.717) is 23.7 Å². The molecule has 0 aliphatic heterocycles. The van der Waals surface area contributed by atoms with Crippen molar-refractivity contribution in [1.29, 1.82) is 0 Å². The van der Waals surface area contributed by atoms with E-state index in [1.807, 2.05) is 30.3 Å². The van der Waals surface area contributed by atoms with Gasteiger partial charge in [0.2, 0.25) is 17.6 Å². The standard InChI is InChI=1S/C18H16FN3O2/c19-15-9-5-4-6-13(15)10-11-16(23)20-12-17-21-18(22-24-17)14-7-2-1-3-8-14/h1-9H,10-12H2,(H,20,23). The maximum atomic E-state index is 13.5. The number of aromatic nitrogens is 2. The van der Waals surface area contributed by atoms with Gasteiger partial charge in [0.1, 0.15) is 5.82 Å². The molecule has 0 spiro atoms. The van der Waals surface area contributed by atoms with Gasteiger partial charge in [0.05, 0.1) is 6.54 Å². The van der Waals surface area contributed by atoms with E-state index in [9.17, 15) is 9.18 Å². The van der Waals surface area contributed by atoms with Crippen molar-refractivity contribution in [2.45, 2.75) is 19.4 Å². The van der Waals surface area contributed by atoms with Gasteiger partial charge in [0, 0.05) is 12.0 Å². The van der Waals surface area contributed by atoms with Gasteiger partial charge in [-0.05, 0) is 18.1 Å². The Labute approximate surface area is 138 Å². The van der Waals surface area contributed by atoms with Crippen LogP contribution < -0.4 is 5.32 Å². The molecule has 1 N–H and O–H groups in total. The molecule has 0 fully saturated rings. The van der Waals surface area contributed by atoms with Gasteiger partial charge >= 0.3 is 0 Å². The summed E-state index contributed by atoms with van der Waals surface area (Å²) >= 11 is 0. The zero-order valence-corrected chi connectivity index (χ0v) is 12.9. The number of rotatable bonds is 6. The van der Waals surface area contributed by atoms with Crippen molar-refractivity contribution >= 4 is 5.91 Å². The van der Waals surface area contributed by atoms with E-state index < -0.39 is 0 Å². The first-order valence-electron chi connectivity index (χ1n) is 7.60. The summed E-state index contributed by atoms with van der Waals surface area (Å²) in [5, 5.41) is 6.58. The fourth-order valence-electron chi connectivity index (χ4n) is 2.24. The number of amides is 1. The molecular formula is C18H16FN3O2. The van der Waals surface area contributed by atoms with Gasteiger partial charge in [-0.25, -0.2) is 4.39 Å². The molecule has 0 saturated carbocycles. The Morgan fingerprint density at radius 2 is 1.83 bits per heavy atom. The number of hydrogen-bond acceptors (Lipinski definition) is 4. The van der Waals surface area contributed by atoms with Crippen molar-refractivity contribution in [1.82, 2.24) is 15.5 Å². The molecule has 0 atom stereocenters. The van der Waals surface area contributed by atoms with Crippen molar-refractivity contribution < 1.29 is 13.7 Å².